The average molecular weight is 242 g/mol. The lowest BCUT2D eigenvalue weighted by atomic mass is 9.86. The first-order valence-electron chi connectivity index (χ1n) is 4.92. The van der Waals surface area contributed by atoms with Gasteiger partial charge in [-0.05, 0) is 25.2 Å². The topological polar surface area (TPSA) is 54.4 Å². The molecule has 0 spiro atoms. The highest BCUT2D eigenvalue weighted by Gasteiger charge is 2.37. The van der Waals surface area contributed by atoms with Gasteiger partial charge in [-0.1, -0.05) is 0 Å². The molecule has 1 aliphatic heterocycles. The molecule has 1 N–H and O–H groups in total. The Morgan fingerprint density at radius 1 is 1.40 bits per heavy atom. The molecule has 1 heterocycles. The molecule has 3 nitrogen and oxygen atoms in total. The van der Waals surface area contributed by atoms with Gasteiger partial charge in [0.1, 0.15) is 0 Å². The normalized spacial score (nSPS) is 31.5. The molecular formula is C9H16F2O3S. The molecule has 0 bridgehead atoms. The van der Waals surface area contributed by atoms with Crippen LogP contribution in [-0.4, -0.2) is 37.6 Å². The van der Waals surface area contributed by atoms with Crippen molar-refractivity contribution in [3.8, 4) is 0 Å². The number of halogens is 2. The van der Waals surface area contributed by atoms with E-state index in [0.29, 0.717) is 0 Å². The standard InChI is InChI=1S/C9H16F2O3S/c1-9(10,11)4-7-2-3-15(13,14)6-8(7)5-12/h7-8,12H,2-6H2,1H3. The minimum Gasteiger partial charge on any atom is -0.396 e. The number of hydrogen-bond donors (Lipinski definition) is 1. The fraction of sp³-hybridized carbons (Fsp3) is 1.00. The number of rotatable bonds is 3. The summed E-state index contributed by atoms with van der Waals surface area (Å²) in [6.45, 7) is 0.491. The van der Waals surface area contributed by atoms with E-state index in [-0.39, 0.29) is 31.0 Å². The van der Waals surface area contributed by atoms with E-state index in [9.17, 15) is 17.2 Å². The maximum absolute atomic E-state index is 12.8. The van der Waals surface area contributed by atoms with E-state index >= 15 is 0 Å². The minimum absolute atomic E-state index is 0.0375. The molecule has 0 saturated carbocycles. The minimum atomic E-state index is -3.14. The average Bonchev–Trinajstić information content (AvgIpc) is 2.05. The third kappa shape index (κ3) is 4.03. The van der Waals surface area contributed by atoms with E-state index in [1.165, 1.54) is 0 Å². The smallest absolute Gasteiger partial charge is 0.245 e. The Morgan fingerprint density at radius 2 is 2.00 bits per heavy atom. The van der Waals surface area contributed by atoms with Crippen molar-refractivity contribution in [3.05, 3.63) is 0 Å². The van der Waals surface area contributed by atoms with Crippen molar-refractivity contribution in [3.63, 3.8) is 0 Å². The number of sulfone groups is 1. The van der Waals surface area contributed by atoms with E-state index in [1.54, 1.807) is 0 Å². The van der Waals surface area contributed by atoms with Crippen LogP contribution in [0.2, 0.25) is 0 Å². The zero-order chi connectivity index (χ0) is 11.7. The van der Waals surface area contributed by atoms with Crippen LogP contribution in [-0.2, 0) is 9.84 Å². The second-order valence-corrected chi connectivity index (χ2v) is 6.61. The van der Waals surface area contributed by atoms with E-state index in [4.69, 9.17) is 5.11 Å². The first-order valence-corrected chi connectivity index (χ1v) is 6.75. The van der Waals surface area contributed by atoms with Gasteiger partial charge >= 0.3 is 0 Å². The summed E-state index contributed by atoms with van der Waals surface area (Å²) in [7, 11) is -3.14. The zero-order valence-electron chi connectivity index (χ0n) is 8.62. The second-order valence-electron chi connectivity index (χ2n) is 4.38. The summed E-state index contributed by atoms with van der Waals surface area (Å²) >= 11 is 0. The quantitative estimate of drug-likeness (QED) is 0.805. The van der Waals surface area contributed by atoms with Crippen molar-refractivity contribution >= 4 is 9.84 Å². The number of aliphatic hydroxyl groups excluding tert-OH is 1. The maximum atomic E-state index is 12.8. The lowest BCUT2D eigenvalue weighted by molar-refractivity contribution is -0.0165. The third-order valence-corrected chi connectivity index (χ3v) is 4.58. The van der Waals surface area contributed by atoms with Crippen molar-refractivity contribution in [1.29, 1.82) is 0 Å². The molecule has 1 aliphatic rings. The van der Waals surface area contributed by atoms with Gasteiger partial charge in [-0.3, -0.25) is 0 Å². The van der Waals surface area contributed by atoms with Gasteiger partial charge in [-0.2, -0.15) is 0 Å². The van der Waals surface area contributed by atoms with Crippen LogP contribution in [0.1, 0.15) is 19.8 Å². The van der Waals surface area contributed by atoms with Crippen molar-refractivity contribution in [2.24, 2.45) is 11.8 Å². The van der Waals surface area contributed by atoms with Crippen LogP contribution < -0.4 is 0 Å². The molecule has 15 heavy (non-hydrogen) atoms. The highest BCUT2D eigenvalue weighted by Crippen LogP contribution is 2.33. The van der Waals surface area contributed by atoms with Crippen LogP contribution in [0.15, 0.2) is 0 Å². The van der Waals surface area contributed by atoms with Crippen LogP contribution in [0.25, 0.3) is 0 Å². The van der Waals surface area contributed by atoms with Gasteiger partial charge in [-0.25, -0.2) is 17.2 Å². The summed E-state index contributed by atoms with van der Waals surface area (Å²) in [4.78, 5) is 0. The van der Waals surface area contributed by atoms with Gasteiger partial charge < -0.3 is 5.11 Å². The summed E-state index contributed by atoms with van der Waals surface area (Å²) in [6, 6.07) is 0. The van der Waals surface area contributed by atoms with Gasteiger partial charge in [0.25, 0.3) is 0 Å². The Balaban J connectivity index is 2.67. The maximum Gasteiger partial charge on any atom is 0.245 e. The largest absolute Gasteiger partial charge is 0.396 e. The fourth-order valence-corrected chi connectivity index (χ4v) is 3.90. The molecule has 0 amide bonds. The summed E-state index contributed by atoms with van der Waals surface area (Å²) in [6.07, 6.45) is -0.106. The second kappa shape index (κ2) is 4.33. The van der Waals surface area contributed by atoms with E-state index in [0.717, 1.165) is 6.92 Å². The van der Waals surface area contributed by atoms with Gasteiger partial charge in [-0.15, -0.1) is 0 Å². The zero-order valence-corrected chi connectivity index (χ0v) is 9.43. The van der Waals surface area contributed by atoms with E-state index < -0.39 is 27.6 Å². The molecule has 1 saturated heterocycles. The summed E-state index contributed by atoms with van der Waals surface area (Å²) in [5.74, 6) is -3.92. The Morgan fingerprint density at radius 3 is 2.47 bits per heavy atom. The molecule has 6 heteroatoms. The van der Waals surface area contributed by atoms with E-state index in [1.807, 2.05) is 0 Å². The van der Waals surface area contributed by atoms with Crippen molar-refractivity contribution in [2.75, 3.05) is 18.1 Å². The summed E-state index contributed by atoms with van der Waals surface area (Å²) in [5.41, 5.74) is 0. The van der Waals surface area contributed by atoms with Gasteiger partial charge in [0.15, 0.2) is 9.84 Å². The molecule has 0 aromatic heterocycles. The van der Waals surface area contributed by atoms with Gasteiger partial charge in [0.2, 0.25) is 5.92 Å². The van der Waals surface area contributed by atoms with Crippen LogP contribution >= 0.6 is 0 Å². The van der Waals surface area contributed by atoms with Crippen LogP contribution in [0, 0.1) is 11.8 Å². The number of hydrogen-bond acceptors (Lipinski definition) is 3. The Bertz CT molecular complexity index is 308. The first kappa shape index (κ1) is 12.8. The lowest BCUT2D eigenvalue weighted by Gasteiger charge is -2.31. The molecule has 0 radical (unpaired) electrons. The summed E-state index contributed by atoms with van der Waals surface area (Å²) in [5, 5.41) is 8.98. The predicted octanol–water partition coefficient (Wildman–Crippen LogP) is 1.07. The molecule has 0 aromatic rings. The van der Waals surface area contributed by atoms with E-state index in [2.05, 4.69) is 0 Å². The predicted molar refractivity (Wildman–Crippen MR) is 52.6 cm³/mol. The number of aliphatic hydroxyl groups is 1. The monoisotopic (exact) mass is 242 g/mol. The highest BCUT2D eigenvalue weighted by atomic mass is 32.2. The van der Waals surface area contributed by atoms with Crippen molar-refractivity contribution in [1.82, 2.24) is 0 Å². The SMILES string of the molecule is CC(F)(F)CC1CCS(=O)(=O)CC1CO. The van der Waals surface area contributed by atoms with Crippen LogP contribution in [0.4, 0.5) is 8.78 Å². The molecule has 1 rings (SSSR count). The lowest BCUT2D eigenvalue weighted by Crippen LogP contribution is -2.37. The first-order chi connectivity index (χ1) is 6.73. The van der Waals surface area contributed by atoms with Gasteiger partial charge in [0.05, 0.1) is 11.5 Å². The Labute approximate surface area is 88.4 Å². The van der Waals surface area contributed by atoms with Crippen LogP contribution in [0.5, 0.6) is 0 Å². The Kier molecular flexibility index (Phi) is 3.71. The molecule has 0 aromatic carbocycles. The molecule has 2 atom stereocenters. The molecular weight excluding hydrogens is 226 g/mol. The molecule has 1 fully saturated rings. The van der Waals surface area contributed by atoms with Gasteiger partial charge in [0, 0.05) is 13.0 Å². The van der Waals surface area contributed by atoms with Crippen molar-refractivity contribution < 1.29 is 22.3 Å². The molecule has 0 aliphatic carbocycles. The highest BCUT2D eigenvalue weighted by molar-refractivity contribution is 7.91. The number of alkyl halides is 2. The third-order valence-electron chi connectivity index (χ3n) is 2.79. The summed E-state index contributed by atoms with van der Waals surface area (Å²) < 4.78 is 48.0. The molecule has 2 unspecified atom stereocenters. The van der Waals surface area contributed by atoms with Crippen LogP contribution in [0.3, 0.4) is 0 Å². The molecule has 90 valence electrons. The van der Waals surface area contributed by atoms with Crippen molar-refractivity contribution in [2.45, 2.75) is 25.7 Å². The fourth-order valence-electron chi connectivity index (χ4n) is 2.04. The Hall–Kier alpha value is -0.230.